The number of hydrogen-bond donors (Lipinski definition) is 0. The molecular formula is C18H23N5O3S. The van der Waals surface area contributed by atoms with Crippen LogP contribution in [-0.2, 0) is 21.9 Å². The smallest absolute Gasteiger partial charge is 0.284 e. The molecule has 0 radical (unpaired) electrons. The first-order valence-corrected chi connectivity index (χ1v) is 10.5. The largest absolute Gasteiger partial charge is 0.394 e. The highest BCUT2D eigenvalue weighted by Crippen LogP contribution is 2.33. The molecule has 0 N–H and O–H groups in total. The van der Waals surface area contributed by atoms with E-state index in [9.17, 15) is 8.42 Å². The molecule has 4 rings (SSSR count). The molecule has 0 amide bonds. The predicted molar refractivity (Wildman–Crippen MR) is 103 cm³/mol. The molecule has 2 aromatic rings. The highest BCUT2D eigenvalue weighted by Gasteiger charge is 2.36. The lowest BCUT2D eigenvalue weighted by molar-refractivity contribution is 0.119. The number of aryl methyl sites for hydroxylation is 1. The molecule has 1 aromatic heterocycles. The number of hydrogen-bond acceptors (Lipinski definition) is 6. The van der Waals surface area contributed by atoms with E-state index < -0.39 is 10.0 Å². The average Bonchev–Trinajstić information content (AvgIpc) is 3.29. The fourth-order valence-electron chi connectivity index (χ4n) is 3.56. The molecule has 2 aliphatic rings. The van der Waals surface area contributed by atoms with Crippen LogP contribution in [0.15, 0.2) is 40.6 Å². The van der Waals surface area contributed by atoms with Crippen molar-refractivity contribution < 1.29 is 13.3 Å². The zero-order valence-electron chi connectivity index (χ0n) is 15.5. The Kier molecular flexibility index (Phi) is 4.65. The van der Waals surface area contributed by atoms with Gasteiger partial charge >= 0.3 is 0 Å². The number of fused-ring (bicyclic) bond motifs is 2. The Bertz CT molecular complexity index is 977. The summed E-state index contributed by atoms with van der Waals surface area (Å²) in [5.74, 6) is 0. The van der Waals surface area contributed by atoms with Crippen molar-refractivity contribution in [3.63, 3.8) is 0 Å². The van der Waals surface area contributed by atoms with Crippen molar-refractivity contribution in [2.75, 3.05) is 37.6 Å². The summed E-state index contributed by atoms with van der Waals surface area (Å²) >= 11 is 0. The average molecular weight is 389 g/mol. The Morgan fingerprint density at radius 1 is 1.15 bits per heavy atom. The number of nitrogens with zero attached hydrogens (tertiary/aromatic N) is 5. The number of benzene rings is 1. The maximum atomic E-state index is 13.0. The Hall–Kier alpha value is -2.39. The Morgan fingerprint density at radius 2 is 1.89 bits per heavy atom. The minimum atomic E-state index is -3.77. The first kappa shape index (κ1) is 18.0. The zero-order valence-corrected chi connectivity index (χ0v) is 16.3. The number of likely N-dealkylation sites (tertiary alicyclic amines) is 1. The van der Waals surface area contributed by atoms with Gasteiger partial charge in [0.1, 0.15) is 12.3 Å². The monoisotopic (exact) mass is 389 g/mol. The summed E-state index contributed by atoms with van der Waals surface area (Å²) < 4.78 is 28.7. The van der Waals surface area contributed by atoms with Crippen molar-refractivity contribution in [3.05, 3.63) is 41.6 Å². The van der Waals surface area contributed by atoms with E-state index >= 15 is 0 Å². The van der Waals surface area contributed by atoms with Crippen molar-refractivity contribution >= 4 is 21.4 Å². The van der Waals surface area contributed by atoms with E-state index in [4.69, 9.17) is 4.84 Å². The summed E-state index contributed by atoms with van der Waals surface area (Å²) in [5, 5.41) is 8.52. The number of anilines is 1. The molecule has 1 aromatic carbocycles. The van der Waals surface area contributed by atoms with Gasteiger partial charge in [-0.2, -0.15) is 13.5 Å². The Labute approximate surface area is 159 Å². The Morgan fingerprint density at radius 3 is 2.67 bits per heavy atom. The van der Waals surface area contributed by atoms with Gasteiger partial charge in [0.25, 0.3) is 10.0 Å². The van der Waals surface area contributed by atoms with E-state index in [1.807, 2.05) is 12.1 Å². The highest BCUT2D eigenvalue weighted by molar-refractivity contribution is 7.92. The van der Waals surface area contributed by atoms with Crippen molar-refractivity contribution in [3.8, 4) is 0 Å². The predicted octanol–water partition coefficient (Wildman–Crippen LogP) is 1.42. The summed E-state index contributed by atoms with van der Waals surface area (Å²) in [6.45, 7) is 3.47. The third kappa shape index (κ3) is 3.21. The minimum Gasteiger partial charge on any atom is -0.394 e. The first-order valence-electron chi connectivity index (χ1n) is 9.03. The van der Waals surface area contributed by atoms with Gasteiger partial charge in [-0.25, -0.2) is 0 Å². The van der Waals surface area contributed by atoms with Gasteiger partial charge in [0.2, 0.25) is 5.03 Å². The van der Waals surface area contributed by atoms with E-state index in [1.54, 1.807) is 25.4 Å². The second-order valence-corrected chi connectivity index (χ2v) is 8.72. The maximum absolute atomic E-state index is 13.0. The van der Waals surface area contributed by atoms with Crippen LogP contribution in [-0.4, -0.2) is 62.1 Å². The van der Waals surface area contributed by atoms with E-state index in [-0.39, 0.29) is 5.03 Å². The molecule has 0 aliphatic carbocycles. The molecule has 0 bridgehead atoms. The molecule has 144 valence electrons. The summed E-state index contributed by atoms with van der Waals surface area (Å²) in [6, 6.07) is 7.28. The lowest BCUT2D eigenvalue weighted by atomic mass is 10.0. The standard InChI is InChI=1S/C18H23N5O3S/c1-21-13-15-17(20-26-12-11-23-9-5-6-10-23)14-7-3-4-8-16(14)22(2)27(24,25)18(15)19-21/h3-4,7-8,13H,5-6,9-12H2,1-2H3/b20-17-. The number of oxime groups is 1. The van der Waals surface area contributed by atoms with Crippen LogP contribution in [0.2, 0.25) is 0 Å². The molecule has 0 saturated carbocycles. The molecule has 0 unspecified atom stereocenters. The third-order valence-corrected chi connectivity index (χ3v) is 6.71. The normalized spacial score (nSPS) is 20.4. The van der Waals surface area contributed by atoms with Gasteiger partial charge in [0.05, 0.1) is 11.3 Å². The summed E-state index contributed by atoms with van der Waals surface area (Å²) in [6.07, 6.45) is 4.13. The van der Waals surface area contributed by atoms with Crippen LogP contribution in [0.5, 0.6) is 0 Å². The molecule has 0 atom stereocenters. The maximum Gasteiger partial charge on any atom is 0.284 e. The zero-order chi connectivity index (χ0) is 19.0. The van der Waals surface area contributed by atoms with Gasteiger partial charge < -0.3 is 4.84 Å². The van der Waals surface area contributed by atoms with Gasteiger partial charge in [-0.3, -0.25) is 13.9 Å². The summed E-state index contributed by atoms with van der Waals surface area (Å²) in [7, 11) is -0.542. The molecule has 9 heteroatoms. The Balaban J connectivity index is 1.73. The van der Waals surface area contributed by atoms with E-state index in [0.29, 0.717) is 29.1 Å². The molecule has 8 nitrogen and oxygen atoms in total. The van der Waals surface area contributed by atoms with Crippen LogP contribution in [0.1, 0.15) is 24.0 Å². The lowest BCUT2D eigenvalue weighted by Crippen LogP contribution is -2.27. The van der Waals surface area contributed by atoms with Crippen LogP contribution < -0.4 is 4.31 Å². The van der Waals surface area contributed by atoms with Crippen LogP contribution in [0.3, 0.4) is 0 Å². The van der Waals surface area contributed by atoms with Gasteiger partial charge in [0, 0.05) is 32.4 Å². The van der Waals surface area contributed by atoms with Gasteiger partial charge in [0.15, 0.2) is 0 Å². The molecule has 1 fully saturated rings. The quantitative estimate of drug-likeness (QED) is 0.584. The van der Waals surface area contributed by atoms with Crippen molar-refractivity contribution in [2.45, 2.75) is 17.9 Å². The molecular weight excluding hydrogens is 366 g/mol. The fourth-order valence-corrected chi connectivity index (χ4v) is 4.90. The number of aromatic nitrogens is 2. The molecule has 0 spiro atoms. The van der Waals surface area contributed by atoms with Gasteiger partial charge in [-0.1, -0.05) is 23.4 Å². The minimum absolute atomic E-state index is 0.00871. The number of para-hydroxylation sites is 1. The lowest BCUT2D eigenvalue weighted by Gasteiger charge is -2.18. The first-order chi connectivity index (χ1) is 13.0. The van der Waals surface area contributed by atoms with Crippen molar-refractivity contribution in [1.29, 1.82) is 0 Å². The topological polar surface area (TPSA) is 80.0 Å². The van der Waals surface area contributed by atoms with Crippen molar-refractivity contribution in [2.24, 2.45) is 12.2 Å². The highest BCUT2D eigenvalue weighted by atomic mass is 32.2. The van der Waals surface area contributed by atoms with Gasteiger partial charge in [-0.15, -0.1) is 0 Å². The molecule has 3 heterocycles. The van der Waals surface area contributed by atoms with Gasteiger partial charge in [-0.05, 0) is 32.0 Å². The van der Waals surface area contributed by atoms with E-state index in [0.717, 1.165) is 19.6 Å². The number of sulfonamides is 1. The van der Waals surface area contributed by atoms with Crippen LogP contribution >= 0.6 is 0 Å². The fraction of sp³-hybridized carbons (Fsp3) is 0.444. The summed E-state index contributed by atoms with van der Waals surface area (Å²) in [4.78, 5) is 7.96. The second-order valence-electron chi connectivity index (χ2n) is 6.83. The molecule has 27 heavy (non-hydrogen) atoms. The molecule has 2 aliphatic heterocycles. The van der Waals surface area contributed by atoms with E-state index in [2.05, 4.69) is 15.2 Å². The van der Waals surface area contributed by atoms with Crippen LogP contribution in [0.4, 0.5) is 5.69 Å². The molecule has 1 saturated heterocycles. The van der Waals surface area contributed by atoms with E-state index in [1.165, 1.54) is 28.9 Å². The SMILES string of the molecule is CN1c2ccccc2/C(=N/OCCN2CCCC2)c2cn(C)nc2S1(=O)=O. The van der Waals surface area contributed by atoms with Crippen LogP contribution in [0.25, 0.3) is 0 Å². The third-order valence-electron chi connectivity index (χ3n) is 5.01. The second kappa shape index (κ2) is 6.97. The number of rotatable bonds is 4. The summed E-state index contributed by atoms with van der Waals surface area (Å²) in [5.41, 5.74) is 2.20. The van der Waals surface area contributed by atoms with Crippen LogP contribution in [0, 0.1) is 0 Å². The van der Waals surface area contributed by atoms with Crippen molar-refractivity contribution in [1.82, 2.24) is 14.7 Å².